The van der Waals surface area contributed by atoms with Crippen LogP contribution in [0.15, 0.2) is 59.7 Å². The summed E-state index contributed by atoms with van der Waals surface area (Å²) >= 11 is 1.79. The van der Waals surface area contributed by atoms with Crippen molar-refractivity contribution in [1.82, 2.24) is 9.80 Å². The summed E-state index contributed by atoms with van der Waals surface area (Å²) in [7, 11) is 0. The summed E-state index contributed by atoms with van der Waals surface area (Å²) in [6, 6.07) is 12.1. The van der Waals surface area contributed by atoms with Crippen molar-refractivity contribution in [2.45, 2.75) is 13.0 Å². The Balaban J connectivity index is 1.44. The molecule has 0 saturated carbocycles. The van der Waals surface area contributed by atoms with Crippen molar-refractivity contribution in [3.8, 4) is 5.75 Å². The molecule has 1 saturated heterocycles. The Morgan fingerprint density at radius 2 is 2.00 bits per heavy atom. The molecule has 1 fully saturated rings. The lowest BCUT2D eigenvalue weighted by Gasteiger charge is -2.22. The monoisotopic (exact) mass is 366 g/mol. The molecule has 1 aromatic heterocycles. The Kier molecular flexibility index (Phi) is 5.18. The van der Waals surface area contributed by atoms with Crippen molar-refractivity contribution in [3.05, 3.63) is 70.1 Å². The lowest BCUT2D eigenvalue weighted by molar-refractivity contribution is -0.126. The molecule has 4 nitrogen and oxygen atoms in total. The van der Waals surface area contributed by atoms with Gasteiger partial charge in [0.05, 0.1) is 6.26 Å². The molecule has 3 heterocycles. The van der Waals surface area contributed by atoms with Crippen LogP contribution >= 0.6 is 11.3 Å². The van der Waals surface area contributed by atoms with Crippen LogP contribution in [0.1, 0.15) is 16.9 Å². The van der Waals surface area contributed by atoms with E-state index in [0.29, 0.717) is 5.57 Å². The first-order valence-corrected chi connectivity index (χ1v) is 9.85. The number of amides is 1. The minimum Gasteiger partial charge on any atom is -0.464 e. The number of para-hydroxylation sites is 1. The largest absolute Gasteiger partial charge is 0.464 e. The zero-order chi connectivity index (χ0) is 17.8. The van der Waals surface area contributed by atoms with E-state index in [1.807, 2.05) is 35.2 Å². The molecule has 0 radical (unpaired) electrons. The summed E-state index contributed by atoms with van der Waals surface area (Å²) in [6.45, 7) is 4.48. The Morgan fingerprint density at radius 3 is 2.88 bits per heavy atom. The number of rotatable bonds is 3. The Morgan fingerprint density at radius 1 is 1.08 bits per heavy atom. The number of hydrogen-bond donors (Lipinski definition) is 0. The number of benzene rings is 1. The molecule has 2 aliphatic rings. The Hall–Kier alpha value is -2.37. The third-order valence-electron chi connectivity index (χ3n) is 4.75. The van der Waals surface area contributed by atoms with Gasteiger partial charge >= 0.3 is 0 Å². The van der Waals surface area contributed by atoms with E-state index in [4.69, 9.17) is 4.74 Å². The van der Waals surface area contributed by atoms with Gasteiger partial charge in [0.25, 0.3) is 5.91 Å². The van der Waals surface area contributed by atoms with E-state index in [-0.39, 0.29) is 5.91 Å². The summed E-state index contributed by atoms with van der Waals surface area (Å²) in [6.07, 6.45) is 6.31. The van der Waals surface area contributed by atoms with Gasteiger partial charge in [-0.3, -0.25) is 9.69 Å². The lowest BCUT2D eigenvalue weighted by Crippen LogP contribution is -2.35. The summed E-state index contributed by atoms with van der Waals surface area (Å²) in [5, 5.41) is 2.12. The van der Waals surface area contributed by atoms with E-state index in [0.717, 1.165) is 50.5 Å². The van der Waals surface area contributed by atoms with Crippen molar-refractivity contribution in [2.24, 2.45) is 0 Å². The molecular weight excluding hydrogens is 344 g/mol. The van der Waals surface area contributed by atoms with Gasteiger partial charge in [0.2, 0.25) is 0 Å². The van der Waals surface area contributed by atoms with Gasteiger partial charge in [0.15, 0.2) is 0 Å². The molecule has 0 aliphatic carbocycles. The lowest BCUT2D eigenvalue weighted by atomic mass is 10.1. The van der Waals surface area contributed by atoms with Crippen LogP contribution in [0.3, 0.4) is 0 Å². The summed E-state index contributed by atoms with van der Waals surface area (Å²) in [5.74, 6) is 0.865. The second-order valence-electron chi connectivity index (χ2n) is 6.56. The van der Waals surface area contributed by atoms with E-state index in [1.165, 1.54) is 4.88 Å². The molecule has 2 aliphatic heterocycles. The standard InChI is InChI=1S/C21H22N2O2S/c24-21(18-8-13-25-20-7-2-1-5-17(20)15-18)23-10-4-9-22(11-12-23)16-19-6-3-14-26-19/h1-3,5-8,13-15H,4,9-12,16H2. The van der Waals surface area contributed by atoms with Crippen molar-refractivity contribution in [3.63, 3.8) is 0 Å². The van der Waals surface area contributed by atoms with E-state index >= 15 is 0 Å². The maximum atomic E-state index is 13.0. The first-order chi connectivity index (χ1) is 12.8. The molecule has 26 heavy (non-hydrogen) atoms. The van der Waals surface area contributed by atoms with E-state index in [1.54, 1.807) is 23.7 Å². The zero-order valence-electron chi connectivity index (χ0n) is 14.6. The van der Waals surface area contributed by atoms with Crippen LogP contribution in [-0.4, -0.2) is 41.9 Å². The number of fused-ring (bicyclic) bond motifs is 1. The topological polar surface area (TPSA) is 32.8 Å². The minimum atomic E-state index is 0.0829. The third-order valence-corrected chi connectivity index (χ3v) is 5.62. The van der Waals surface area contributed by atoms with Crippen molar-refractivity contribution in [2.75, 3.05) is 26.2 Å². The van der Waals surface area contributed by atoms with Crippen LogP contribution in [0.4, 0.5) is 0 Å². The molecule has 0 atom stereocenters. The molecular formula is C21H22N2O2S. The number of carbonyl (C=O) groups excluding carboxylic acids is 1. The summed E-state index contributed by atoms with van der Waals surface area (Å²) in [5.41, 5.74) is 1.62. The fourth-order valence-corrected chi connectivity index (χ4v) is 4.12. The maximum Gasteiger partial charge on any atom is 0.254 e. The average molecular weight is 366 g/mol. The van der Waals surface area contributed by atoms with Gasteiger partial charge in [0.1, 0.15) is 5.75 Å². The minimum absolute atomic E-state index is 0.0829. The second kappa shape index (κ2) is 7.89. The maximum absolute atomic E-state index is 13.0. The van der Waals surface area contributed by atoms with Crippen LogP contribution in [0.2, 0.25) is 0 Å². The molecule has 0 spiro atoms. The average Bonchev–Trinajstić information content (AvgIpc) is 2.93. The quantitative estimate of drug-likeness (QED) is 0.829. The van der Waals surface area contributed by atoms with Crippen molar-refractivity contribution < 1.29 is 9.53 Å². The fraction of sp³-hybridized carbons (Fsp3) is 0.286. The first-order valence-electron chi connectivity index (χ1n) is 8.97. The molecule has 1 amide bonds. The van der Waals surface area contributed by atoms with Crippen LogP contribution in [0, 0.1) is 0 Å². The number of carbonyl (C=O) groups is 1. The van der Waals surface area contributed by atoms with Crippen LogP contribution in [0.25, 0.3) is 6.08 Å². The summed E-state index contributed by atoms with van der Waals surface area (Å²) in [4.78, 5) is 18.8. The fourth-order valence-electron chi connectivity index (χ4n) is 3.37. The first kappa shape index (κ1) is 17.1. The number of thiophene rings is 1. The smallest absolute Gasteiger partial charge is 0.254 e. The van der Waals surface area contributed by atoms with Crippen LogP contribution in [0.5, 0.6) is 5.75 Å². The highest BCUT2D eigenvalue weighted by Crippen LogP contribution is 2.25. The molecule has 4 rings (SSSR count). The van der Waals surface area contributed by atoms with Gasteiger partial charge in [-0.25, -0.2) is 0 Å². The van der Waals surface area contributed by atoms with E-state index < -0.39 is 0 Å². The van der Waals surface area contributed by atoms with E-state index in [2.05, 4.69) is 22.4 Å². The SMILES string of the molecule is O=C(C1=Cc2ccccc2OC=C1)N1CCCN(Cc2cccs2)CC1. The van der Waals surface area contributed by atoms with Gasteiger partial charge in [-0.1, -0.05) is 24.3 Å². The Bertz CT molecular complexity index is 826. The molecule has 0 bridgehead atoms. The van der Waals surface area contributed by atoms with Gasteiger partial charge in [0, 0.05) is 48.7 Å². The molecule has 5 heteroatoms. The van der Waals surface area contributed by atoms with Gasteiger partial charge in [-0.05, 0) is 36.1 Å². The molecule has 2 aromatic rings. The normalized spacial score (nSPS) is 17.7. The Labute approximate surface area is 158 Å². The second-order valence-corrected chi connectivity index (χ2v) is 7.59. The molecule has 1 aromatic carbocycles. The third kappa shape index (κ3) is 3.89. The van der Waals surface area contributed by atoms with Gasteiger partial charge in [-0.2, -0.15) is 0 Å². The van der Waals surface area contributed by atoms with Gasteiger partial charge in [-0.15, -0.1) is 11.3 Å². The molecule has 0 unspecified atom stereocenters. The predicted octanol–water partition coefficient (Wildman–Crippen LogP) is 3.77. The van der Waals surface area contributed by atoms with Gasteiger partial charge < -0.3 is 9.64 Å². The number of hydrogen-bond acceptors (Lipinski definition) is 4. The number of ether oxygens (including phenoxy) is 1. The highest BCUT2D eigenvalue weighted by Gasteiger charge is 2.22. The highest BCUT2D eigenvalue weighted by atomic mass is 32.1. The zero-order valence-corrected chi connectivity index (χ0v) is 15.5. The van der Waals surface area contributed by atoms with Crippen molar-refractivity contribution in [1.29, 1.82) is 0 Å². The summed E-state index contributed by atoms with van der Waals surface area (Å²) < 4.78 is 5.61. The van der Waals surface area contributed by atoms with E-state index in [9.17, 15) is 4.79 Å². The molecule has 134 valence electrons. The highest BCUT2D eigenvalue weighted by molar-refractivity contribution is 7.09. The van der Waals surface area contributed by atoms with Crippen molar-refractivity contribution >= 4 is 23.3 Å². The number of nitrogens with zero attached hydrogens (tertiary/aromatic N) is 2. The van der Waals surface area contributed by atoms with Crippen LogP contribution in [-0.2, 0) is 11.3 Å². The predicted molar refractivity (Wildman–Crippen MR) is 105 cm³/mol. The van der Waals surface area contributed by atoms with Crippen LogP contribution < -0.4 is 4.74 Å². The molecule has 0 N–H and O–H groups in total.